The smallest absolute Gasteiger partial charge is 0.372 e. The number of furan rings is 2. The van der Waals surface area contributed by atoms with Crippen LogP contribution in [0.5, 0.6) is 0 Å². The molecule has 0 unspecified atom stereocenters. The molecule has 4 aromatic rings. The lowest BCUT2D eigenvalue weighted by atomic mass is 9.96. The van der Waals surface area contributed by atoms with Crippen LogP contribution in [0.4, 0.5) is 0 Å². The van der Waals surface area contributed by atoms with E-state index in [0.29, 0.717) is 16.5 Å². The third-order valence-electron chi connectivity index (χ3n) is 3.91. The summed E-state index contributed by atoms with van der Waals surface area (Å²) in [4.78, 5) is 23.2. The lowest BCUT2D eigenvalue weighted by Crippen LogP contribution is -1.99. The van der Waals surface area contributed by atoms with E-state index in [-0.39, 0.29) is 27.9 Å². The molecule has 0 bridgehead atoms. The highest BCUT2D eigenvalue weighted by Gasteiger charge is 2.26. The van der Waals surface area contributed by atoms with Crippen molar-refractivity contribution in [1.82, 2.24) is 0 Å². The maximum atomic E-state index is 11.7. The van der Waals surface area contributed by atoms with Crippen molar-refractivity contribution in [2.45, 2.75) is 0 Å². The number of carboxylic acids is 2. The first kappa shape index (κ1) is 14.1. The van der Waals surface area contributed by atoms with Crippen molar-refractivity contribution in [1.29, 1.82) is 0 Å². The standard InChI is InChI=1S/C18H10O6/c19-17(20)11-4-2-6-13-14(11)15(16(24-13)18(21)22)10-3-1-5-12-9(10)7-8-23-12/h1-8H,(H,19,20)(H,21,22). The fraction of sp³-hybridized carbons (Fsp3) is 0. The molecule has 2 aromatic heterocycles. The molecule has 0 aliphatic rings. The van der Waals surface area contributed by atoms with E-state index in [0.717, 1.165) is 0 Å². The van der Waals surface area contributed by atoms with E-state index in [9.17, 15) is 19.8 Å². The first-order valence-electron chi connectivity index (χ1n) is 7.06. The van der Waals surface area contributed by atoms with Crippen LogP contribution in [0.25, 0.3) is 33.1 Å². The van der Waals surface area contributed by atoms with E-state index in [1.807, 2.05) is 0 Å². The average molecular weight is 322 g/mol. The topological polar surface area (TPSA) is 101 Å². The number of carbonyl (C=O) groups is 2. The molecule has 2 aromatic carbocycles. The predicted molar refractivity (Wildman–Crippen MR) is 85.3 cm³/mol. The first-order valence-corrected chi connectivity index (χ1v) is 7.06. The zero-order valence-electron chi connectivity index (χ0n) is 12.1. The Morgan fingerprint density at radius 1 is 0.875 bits per heavy atom. The Kier molecular flexibility index (Phi) is 2.93. The highest BCUT2D eigenvalue weighted by molar-refractivity contribution is 6.16. The van der Waals surface area contributed by atoms with Crippen LogP contribution in [0.2, 0.25) is 0 Å². The number of hydrogen-bond donors (Lipinski definition) is 2. The van der Waals surface area contributed by atoms with Gasteiger partial charge in [0.25, 0.3) is 0 Å². The molecule has 4 rings (SSSR count). The van der Waals surface area contributed by atoms with Crippen molar-refractivity contribution in [3.63, 3.8) is 0 Å². The highest BCUT2D eigenvalue weighted by atomic mass is 16.4. The van der Waals surface area contributed by atoms with Gasteiger partial charge in [-0.15, -0.1) is 0 Å². The minimum atomic E-state index is -1.27. The fourth-order valence-electron chi connectivity index (χ4n) is 2.95. The molecule has 0 spiro atoms. The fourth-order valence-corrected chi connectivity index (χ4v) is 2.95. The molecule has 0 aliphatic heterocycles. The first-order chi connectivity index (χ1) is 11.6. The van der Waals surface area contributed by atoms with Crippen LogP contribution in [-0.4, -0.2) is 22.2 Å². The molecule has 24 heavy (non-hydrogen) atoms. The van der Waals surface area contributed by atoms with Crippen molar-refractivity contribution in [2.75, 3.05) is 0 Å². The Hall–Kier alpha value is -3.54. The van der Waals surface area contributed by atoms with Crippen LogP contribution in [0.3, 0.4) is 0 Å². The summed E-state index contributed by atoms with van der Waals surface area (Å²) in [6.45, 7) is 0. The number of fused-ring (bicyclic) bond motifs is 2. The van der Waals surface area contributed by atoms with Crippen LogP contribution in [0.15, 0.2) is 57.6 Å². The summed E-state index contributed by atoms with van der Waals surface area (Å²) < 4.78 is 10.8. The van der Waals surface area contributed by atoms with E-state index in [1.165, 1.54) is 18.4 Å². The maximum absolute atomic E-state index is 11.7. The lowest BCUT2D eigenvalue weighted by Gasteiger charge is -2.04. The summed E-state index contributed by atoms with van der Waals surface area (Å²) >= 11 is 0. The van der Waals surface area contributed by atoms with Crippen molar-refractivity contribution < 1.29 is 28.6 Å². The minimum Gasteiger partial charge on any atom is -0.478 e. The van der Waals surface area contributed by atoms with Crippen LogP contribution in [-0.2, 0) is 0 Å². The van der Waals surface area contributed by atoms with Crippen LogP contribution < -0.4 is 0 Å². The summed E-state index contributed by atoms with van der Waals surface area (Å²) in [6.07, 6.45) is 1.50. The van der Waals surface area contributed by atoms with Gasteiger partial charge in [0.1, 0.15) is 11.2 Å². The molecular formula is C18H10O6. The second-order valence-electron chi connectivity index (χ2n) is 5.23. The molecule has 6 nitrogen and oxygen atoms in total. The van der Waals surface area contributed by atoms with Gasteiger partial charge in [-0.05, 0) is 29.8 Å². The quantitative estimate of drug-likeness (QED) is 0.585. The van der Waals surface area contributed by atoms with Gasteiger partial charge in [0.15, 0.2) is 0 Å². The summed E-state index contributed by atoms with van der Waals surface area (Å²) in [5.74, 6) is -2.72. The van der Waals surface area contributed by atoms with E-state index in [4.69, 9.17) is 8.83 Å². The molecule has 0 radical (unpaired) electrons. The third kappa shape index (κ3) is 1.90. The second-order valence-corrected chi connectivity index (χ2v) is 5.23. The van der Waals surface area contributed by atoms with Crippen LogP contribution >= 0.6 is 0 Å². The number of carboxylic acid groups (broad SMARTS) is 2. The number of rotatable bonds is 3. The SMILES string of the molecule is O=C(O)c1oc2cccc(C(=O)O)c2c1-c1cccc2occc12. The molecule has 6 heteroatoms. The zero-order chi connectivity index (χ0) is 16.8. The zero-order valence-corrected chi connectivity index (χ0v) is 12.1. The summed E-state index contributed by atoms with van der Waals surface area (Å²) in [6, 6.07) is 11.4. The number of aromatic carboxylic acids is 2. The van der Waals surface area contributed by atoms with Gasteiger partial charge >= 0.3 is 11.9 Å². The van der Waals surface area contributed by atoms with E-state index in [2.05, 4.69) is 0 Å². The van der Waals surface area contributed by atoms with Gasteiger partial charge in [-0.1, -0.05) is 18.2 Å². The van der Waals surface area contributed by atoms with Gasteiger partial charge in [-0.25, -0.2) is 9.59 Å². The van der Waals surface area contributed by atoms with Gasteiger partial charge in [0, 0.05) is 16.3 Å². The molecule has 0 aliphatic carbocycles. The molecule has 2 heterocycles. The molecule has 0 fully saturated rings. The van der Waals surface area contributed by atoms with Gasteiger partial charge in [-0.3, -0.25) is 0 Å². The normalized spacial score (nSPS) is 11.2. The van der Waals surface area contributed by atoms with E-state index >= 15 is 0 Å². The largest absolute Gasteiger partial charge is 0.478 e. The van der Waals surface area contributed by atoms with Crippen molar-refractivity contribution in [3.8, 4) is 11.1 Å². The molecule has 0 saturated heterocycles. The summed E-state index contributed by atoms with van der Waals surface area (Å²) in [7, 11) is 0. The van der Waals surface area contributed by atoms with Crippen molar-refractivity contribution >= 4 is 33.9 Å². The molecule has 0 atom stereocenters. The van der Waals surface area contributed by atoms with Crippen LogP contribution in [0.1, 0.15) is 20.9 Å². The third-order valence-corrected chi connectivity index (χ3v) is 3.91. The Labute approximate surface area is 134 Å². The average Bonchev–Trinajstić information content (AvgIpc) is 3.18. The Morgan fingerprint density at radius 2 is 1.62 bits per heavy atom. The monoisotopic (exact) mass is 322 g/mol. The lowest BCUT2D eigenvalue weighted by molar-refractivity contribution is 0.0663. The maximum Gasteiger partial charge on any atom is 0.372 e. The Morgan fingerprint density at radius 3 is 2.38 bits per heavy atom. The van der Waals surface area contributed by atoms with Crippen molar-refractivity contribution in [2.24, 2.45) is 0 Å². The summed E-state index contributed by atoms with van der Waals surface area (Å²) in [5.41, 5.74) is 1.56. The molecule has 0 amide bonds. The Balaban J connectivity index is 2.21. The predicted octanol–water partition coefficient (Wildman–Crippen LogP) is 4.24. The Bertz CT molecular complexity index is 1120. The highest BCUT2D eigenvalue weighted by Crippen LogP contribution is 2.40. The number of hydrogen-bond acceptors (Lipinski definition) is 4. The molecule has 0 saturated carbocycles. The molecule has 118 valence electrons. The molecular weight excluding hydrogens is 312 g/mol. The van der Waals surface area contributed by atoms with Gasteiger partial charge in [0.2, 0.25) is 5.76 Å². The molecule has 2 N–H and O–H groups in total. The summed E-state index contributed by atoms with van der Waals surface area (Å²) in [5, 5.41) is 19.9. The van der Waals surface area contributed by atoms with Gasteiger partial charge in [-0.2, -0.15) is 0 Å². The second kappa shape index (κ2) is 4.99. The van der Waals surface area contributed by atoms with Gasteiger partial charge < -0.3 is 19.0 Å². The van der Waals surface area contributed by atoms with Crippen molar-refractivity contribution in [3.05, 3.63) is 60.1 Å². The van der Waals surface area contributed by atoms with Crippen LogP contribution in [0, 0.1) is 0 Å². The minimum absolute atomic E-state index is 0.0146. The van der Waals surface area contributed by atoms with E-state index < -0.39 is 11.9 Å². The van der Waals surface area contributed by atoms with E-state index in [1.54, 1.807) is 30.3 Å². The van der Waals surface area contributed by atoms with Gasteiger partial charge in [0.05, 0.1) is 11.8 Å². The number of benzene rings is 2.